The Labute approximate surface area is 179 Å². The van der Waals surface area contributed by atoms with Crippen LogP contribution in [0.4, 0.5) is 0 Å². The molecule has 0 atom stereocenters. The number of aromatic nitrogens is 3. The number of amides is 1. The van der Waals surface area contributed by atoms with Gasteiger partial charge in [0.2, 0.25) is 5.91 Å². The summed E-state index contributed by atoms with van der Waals surface area (Å²) in [4.78, 5) is 24.7. The van der Waals surface area contributed by atoms with Crippen LogP contribution >= 0.6 is 0 Å². The molecule has 30 heavy (non-hydrogen) atoms. The molecule has 0 unspecified atom stereocenters. The molecular weight excluding hydrogens is 378 g/mol. The summed E-state index contributed by atoms with van der Waals surface area (Å²) < 4.78 is 0. The normalized spacial score (nSPS) is 11.7. The van der Waals surface area contributed by atoms with Crippen molar-refractivity contribution in [1.29, 1.82) is 0 Å². The third kappa shape index (κ3) is 6.77. The molecule has 7 nitrogen and oxygen atoms in total. The molecule has 0 spiro atoms. The predicted molar refractivity (Wildman–Crippen MR) is 122 cm³/mol. The van der Waals surface area contributed by atoms with Crippen LogP contribution in [0.5, 0.6) is 0 Å². The van der Waals surface area contributed by atoms with Gasteiger partial charge in [-0.25, -0.2) is 0 Å². The maximum absolute atomic E-state index is 11.9. The van der Waals surface area contributed by atoms with Gasteiger partial charge in [0.25, 0.3) is 0 Å². The number of aryl methyl sites for hydroxylation is 1. The quantitative estimate of drug-likeness (QED) is 0.413. The number of allylic oxidation sites excluding steroid dienone is 3. The minimum Gasteiger partial charge on any atom is -0.353 e. The number of carbonyl (C=O) groups excluding carboxylic acids is 2. The SMILES string of the molecule is C/C(C=O)=C(\C)c1nn(CCNC(=O)C(C)(C)N)nc1-c1ccccc1C.C=CC. The number of rotatable bonds is 7. The van der Waals surface area contributed by atoms with Gasteiger partial charge >= 0.3 is 0 Å². The molecule has 0 saturated heterocycles. The van der Waals surface area contributed by atoms with E-state index in [1.54, 1.807) is 31.6 Å². The molecule has 0 aliphatic heterocycles. The van der Waals surface area contributed by atoms with Gasteiger partial charge in [-0.2, -0.15) is 15.0 Å². The van der Waals surface area contributed by atoms with Crippen LogP contribution in [0, 0.1) is 6.92 Å². The van der Waals surface area contributed by atoms with Gasteiger partial charge < -0.3 is 11.1 Å². The highest BCUT2D eigenvalue weighted by Gasteiger charge is 2.21. The molecular formula is C23H33N5O2. The van der Waals surface area contributed by atoms with Gasteiger partial charge in [0.1, 0.15) is 17.7 Å². The Balaban J connectivity index is 0.00000141. The number of aldehydes is 1. The second-order valence-corrected chi connectivity index (χ2v) is 7.62. The number of nitrogens with two attached hydrogens (primary N) is 1. The van der Waals surface area contributed by atoms with Gasteiger partial charge in [-0.05, 0) is 58.3 Å². The first kappa shape index (κ1) is 25.0. The molecule has 1 heterocycles. The van der Waals surface area contributed by atoms with E-state index in [4.69, 9.17) is 5.73 Å². The molecule has 2 aromatic rings. The van der Waals surface area contributed by atoms with E-state index in [2.05, 4.69) is 22.1 Å². The third-order valence-electron chi connectivity index (χ3n) is 4.36. The average Bonchev–Trinajstić information content (AvgIpc) is 3.10. The Morgan fingerprint density at radius 2 is 1.87 bits per heavy atom. The van der Waals surface area contributed by atoms with Crippen molar-refractivity contribution < 1.29 is 9.59 Å². The van der Waals surface area contributed by atoms with E-state index in [-0.39, 0.29) is 5.91 Å². The maximum Gasteiger partial charge on any atom is 0.239 e. The summed E-state index contributed by atoms with van der Waals surface area (Å²) in [6.07, 6.45) is 2.57. The molecule has 2 rings (SSSR count). The number of carbonyl (C=O) groups is 2. The second-order valence-electron chi connectivity index (χ2n) is 7.62. The summed E-state index contributed by atoms with van der Waals surface area (Å²) in [7, 11) is 0. The topological polar surface area (TPSA) is 103 Å². The minimum atomic E-state index is -0.935. The number of nitrogens with zero attached hydrogens (tertiary/aromatic N) is 3. The smallest absolute Gasteiger partial charge is 0.239 e. The second kappa shape index (κ2) is 11.2. The van der Waals surface area contributed by atoms with Gasteiger partial charge in [-0.15, -0.1) is 6.58 Å². The Bertz CT molecular complexity index is 920. The Morgan fingerprint density at radius 1 is 1.27 bits per heavy atom. The van der Waals surface area contributed by atoms with E-state index >= 15 is 0 Å². The highest BCUT2D eigenvalue weighted by molar-refractivity contribution is 5.89. The standard InChI is InChI=1S/C20H27N5O2.C3H6/c1-13-8-6-7-9-16(13)18-17(15(3)14(2)12-26)23-25(24-18)11-10-22-19(27)20(4,5)21;1-3-2/h6-9,12H,10-11,21H2,1-5H3,(H,22,27);3H,1H2,2H3/b15-14-;. The fraction of sp³-hybridized carbons (Fsp3) is 0.391. The van der Waals surface area contributed by atoms with Crippen molar-refractivity contribution in [2.75, 3.05) is 6.54 Å². The van der Waals surface area contributed by atoms with E-state index in [1.807, 2.05) is 45.0 Å². The molecule has 0 aliphatic carbocycles. The van der Waals surface area contributed by atoms with Crippen LogP contribution in [-0.2, 0) is 16.1 Å². The lowest BCUT2D eigenvalue weighted by Crippen LogP contribution is -2.49. The summed E-state index contributed by atoms with van der Waals surface area (Å²) >= 11 is 0. The van der Waals surface area contributed by atoms with Crippen LogP contribution in [0.3, 0.4) is 0 Å². The minimum absolute atomic E-state index is 0.234. The van der Waals surface area contributed by atoms with E-state index < -0.39 is 5.54 Å². The number of nitrogens with one attached hydrogen (secondary N) is 1. The molecule has 0 bridgehead atoms. The predicted octanol–water partition coefficient (Wildman–Crippen LogP) is 3.29. The lowest BCUT2D eigenvalue weighted by molar-refractivity contribution is -0.125. The monoisotopic (exact) mass is 411 g/mol. The zero-order chi connectivity index (χ0) is 22.9. The lowest BCUT2D eigenvalue weighted by atomic mass is 10.00. The van der Waals surface area contributed by atoms with Crippen molar-refractivity contribution in [3.8, 4) is 11.3 Å². The number of hydrogen-bond donors (Lipinski definition) is 2. The van der Waals surface area contributed by atoms with Gasteiger partial charge in [0, 0.05) is 12.1 Å². The van der Waals surface area contributed by atoms with Crippen LogP contribution in [0.2, 0.25) is 0 Å². The molecule has 0 saturated carbocycles. The highest BCUT2D eigenvalue weighted by Crippen LogP contribution is 2.29. The van der Waals surface area contributed by atoms with Crippen LogP contribution in [0.25, 0.3) is 16.8 Å². The van der Waals surface area contributed by atoms with Crippen LogP contribution in [-0.4, -0.2) is 39.3 Å². The fourth-order valence-corrected chi connectivity index (χ4v) is 2.49. The van der Waals surface area contributed by atoms with Crippen molar-refractivity contribution in [2.45, 2.75) is 53.6 Å². The van der Waals surface area contributed by atoms with Crippen molar-refractivity contribution in [2.24, 2.45) is 5.73 Å². The molecule has 0 radical (unpaired) electrons. The molecule has 3 N–H and O–H groups in total. The maximum atomic E-state index is 11.9. The van der Waals surface area contributed by atoms with E-state index in [1.165, 1.54) is 0 Å². The van der Waals surface area contributed by atoms with Crippen molar-refractivity contribution in [1.82, 2.24) is 20.3 Å². The van der Waals surface area contributed by atoms with E-state index in [0.29, 0.717) is 24.4 Å². The van der Waals surface area contributed by atoms with Gasteiger partial charge in [-0.3, -0.25) is 9.59 Å². The Hall–Kier alpha value is -3.06. The average molecular weight is 412 g/mol. The van der Waals surface area contributed by atoms with Crippen LogP contribution in [0.15, 0.2) is 42.5 Å². The van der Waals surface area contributed by atoms with Crippen molar-refractivity contribution in [3.63, 3.8) is 0 Å². The fourth-order valence-electron chi connectivity index (χ4n) is 2.49. The zero-order valence-electron chi connectivity index (χ0n) is 18.8. The van der Waals surface area contributed by atoms with Crippen molar-refractivity contribution in [3.05, 3.63) is 53.8 Å². The largest absolute Gasteiger partial charge is 0.353 e. The van der Waals surface area contributed by atoms with Gasteiger partial charge in [-0.1, -0.05) is 30.3 Å². The summed E-state index contributed by atoms with van der Waals surface area (Å²) in [6.45, 7) is 14.9. The van der Waals surface area contributed by atoms with E-state index in [9.17, 15) is 9.59 Å². The van der Waals surface area contributed by atoms with E-state index in [0.717, 1.165) is 28.7 Å². The molecule has 7 heteroatoms. The number of benzene rings is 1. The third-order valence-corrected chi connectivity index (χ3v) is 4.36. The first-order chi connectivity index (χ1) is 14.1. The van der Waals surface area contributed by atoms with Gasteiger partial charge in [0.05, 0.1) is 12.1 Å². The summed E-state index contributed by atoms with van der Waals surface area (Å²) in [6, 6.07) is 7.90. The number of hydrogen-bond acceptors (Lipinski definition) is 5. The molecule has 0 aliphatic rings. The molecule has 0 fully saturated rings. The summed E-state index contributed by atoms with van der Waals surface area (Å²) in [5.41, 5.74) is 9.65. The van der Waals surface area contributed by atoms with Crippen molar-refractivity contribution >= 4 is 17.8 Å². The molecule has 162 valence electrons. The zero-order valence-corrected chi connectivity index (χ0v) is 18.8. The van der Waals surface area contributed by atoms with Crippen LogP contribution in [0.1, 0.15) is 45.9 Å². The summed E-state index contributed by atoms with van der Waals surface area (Å²) in [5.74, 6) is -0.234. The summed E-state index contributed by atoms with van der Waals surface area (Å²) in [5, 5.41) is 12.0. The molecule has 1 aromatic carbocycles. The first-order valence-corrected chi connectivity index (χ1v) is 9.85. The first-order valence-electron chi connectivity index (χ1n) is 9.85. The van der Waals surface area contributed by atoms with Crippen LogP contribution < -0.4 is 11.1 Å². The Morgan fingerprint density at radius 3 is 2.40 bits per heavy atom. The van der Waals surface area contributed by atoms with Gasteiger partial charge in [0.15, 0.2) is 0 Å². The molecule has 1 aromatic heterocycles. The lowest BCUT2D eigenvalue weighted by Gasteiger charge is -2.17. The highest BCUT2D eigenvalue weighted by atomic mass is 16.2. The Kier molecular flexibility index (Phi) is 9.33. The molecule has 1 amide bonds.